The molecule has 1 fully saturated rings. The van der Waals surface area contributed by atoms with Gasteiger partial charge in [-0.25, -0.2) is 0 Å². The lowest BCUT2D eigenvalue weighted by Crippen LogP contribution is -2.48. The number of rotatable bonds is 6. The Hall–Kier alpha value is -2.66. The molecule has 1 aliphatic heterocycles. The Morgan fingerprint density at radius 1 is 0.963 bits per heavy atom. The van der Waals surface area contributed by atoms with Crippen LogP contribution in [0.1, 0.15) is 27.9 Å². The second kappa shape index (κ2) is 9.33. The summed E-state index contributed by atoms with van der Waals surface area (Å²) in [7, 11) is 0. The van der Waals surface area contributed by atoms with E-state index in [1.54, 1.807) is 12.1 Å². The molecule has 5 heteroatoms. The molecule has 0 aromatic heterocycles. The highest BCUT2D eigenvalue weighted by molar-refractivity contribution is 5.94. The fraction of sp³-hybridized carbons (Fsp3) is 0.364. The molecule has 27 heavy (non-hydrogen) atoms. The van der Waals surface area contributed by atoms with E-state index < -0.39 is 0 Å². The van der Waals surface area contributed by atoms with E-state index in [2.05, 4.69) is 41.4 Å². The minimum absolute atomic E-state index is 0.110. The first-order valence-electron chi connectivity index (χ1n) is 9.51. The normalized spacial score (nSPS) is 14.8. The fourth-order valence-corrected chi connectivity index (χ4v) is 3.36. The molecule has 1 N–H and O–H groups in total. The number of benzene rings is 2. The zero-order chi connectivity index (χ0) is 19.1. The summed E-state index contributed by atoms with van der Waals surface area (Å²) in [5, 5.41) is 2.82. The first-order valence-corrected chi connectivity index (χ1v) is 9.51. The summed E-state index contributed by atoms with van der Waals surface area (Å²) >= 11 is 0. The third-order valence-electron chi connectivity index (χ3n) is 4.87. The molecule has 2 aromatic rings. The van der Waals surface area contributed by atoms with Gasteiger partial charge >= 0.3 is 0 Å². The molecule has 2 aromatic carbocycles. The Bertz CT molecular complexity index is 768. The van der Waals surface area contributed by atoms with E-state index in [1.165, 1.54) is 11.1 Å². The van der Waals surface area contributed by atoms with Gasteiger partial charge in [-0.2, -0.15) is 0 Å². The second-order valence-corrected chi connectivity index (χ2v) is 7.02. The van der Waals surface area contributed by atoms with Crippen LogP contribution in [0.3, 0.4) is 0 Å². The van der Waals surface area contributed by atoms with Crippen LogP contribution in [0, 0.1) is 6.92 Å². The summed E-state index contributed by atoms with van der Waals surface area (Å²) in [5.74, 6) is -0.0232. The molecule has 0 spiro atoms. The minimum atomic E-state index is -0.133. The van der Waals surface area contributed by atoms with Crippen molar-refractivity contribution in [3.8, 4) is 0 Å². The molecule has 0 atom stereocenters. The molecule has 3 rings (SSSR count). The molecule has 142 valence electrons. The van der Waals surface area contributed by atoms with Gasteiger partial charge in [0, 0.05) is 51.3 Å². The van der Waals surface area contributed by atoms with E-state index in [0.717, 1.165) is 32.7 Å². The molecule has 0 saturated carbocycles. The number of hydrogen-bond acceptors (Lipinski definition) is 3. The third-order valence-corrected chi connectivity index (χ3v) is 4.87. The van der Waals surface area contributed by atoms with E-state index in [1.807, 2.05) is 23.1 Å². The van der Waals surface area contributed by atoms with Gasteiger partial charge in [-0.05, 0) is 24.6 Å². The average Bonchev–Trinajstić information content (AvgIpc) is 2.69. The van der Waals surface area contributed by atoms with Gasteiger partial charge in [0.05, 0.1) is 0 Å². The van der Waals surface area contributed by atoms with Crippen molar-refractivity contribution in [2.75, 3.05) is 32.7 Å². The van der Waals surface area contributed by atoms with E-state index in [0.29, 0.717) is 18.5 Å². The SMILES string of the molecule is Cc1cccc(CN2CCN(C(=O)CCNC(=O)c3ccccc3)CC2)c1. The molecule has 0 unspecified atom stereocenters. The predicted octanol–water partition coefficient (Wildman–Crippen LogP) is 2.46. The summed E-state index contributed by atoms with van der Waals surface area (Å²) in [6, 6.07) is 17.6. The van der Waals surface area contributed by atoms with Gasteiger partial charge < -0.3 is 10.2 Å². The van der Waals surface area contributed by atoms with Gasteiger partial charge in [-0.15, -0.1) is 0 Å². The number of piperazine rings is 1. The van der Waals surface area contributed by atoms with Crippen molar-refractivity contribution in [2.45, 2.75) is 19.9 Å². The summed E-state index contributed by atoms with van der Waals surface area (Å²) < 4.78 is 0. The molecule has 5 nitrogen and oxygen atoms in total. The lowest BCUT2D eigenvalue weighted by Gasteiger charge is -2.35. The summed E-state index contributed by atoms with van der Waals surface area (Å²) in [5.41, 5.74) is 3.21. The fourth-order valence-electron chi connectivity index (χ4n) is 3.36. The van der Waals surface area contributed by atoms with E-state index in [9.17, 15) is 9.59 Å². The molecule has 1 aliphatic rings. The topological polar surface area (TPSA) is 52.6 Å². The lowest BCUT2D eigenvalue weighted by molar-refractivity contribution is -0.132. The molecule has 0 bridgehead atoms. The van der Waals surface area contributed by atoms with Gasteiger partial charge in [0.2, 0.25) is 5.91 Å². The van der Waals surface area contributed by atoms with Gasteiger partial charge in [0.25, 0.3) is 5.91 Å². The molecule has 1 saturated heterocycles. The maximum atomic E-state index is 12.4. The van der Waals surface area contributed by atoms with Crippen LogP contribution in [0.5, 0.6) is 0 Å². The molecule has 0 radical (unpaired) electrons. The maximum absolute atomic E-state index is 12.4. The van der Waals surface area contributed by atoms with Crippen molar-refractivity contribution in [1.82, 2.24) is 15.1 Å². The van der Waals surface area contributed by atoms with Gasteiger partial charge in [-0.1, -0.05) is 48.0 Å². The smallest absolute Gasteiger partial charge is 0.251 e. The highest BCUT2D eigenvalue weighted by atomic mass is 16.2. The summed E-state index contributed by atoms with van der Waals surface area (Å²) in [4.78, 5) is 28.7. The van der Waals surface area contributed by atoms with Crippen molar-refractivity contribution in [3.63, 3.8) is 0 Å². The highest BCUT2D eigenvalue weighted by Crippen LogP contribution is 2.11. The van der Waals surface area contributed by atoms with Crippen LogP contribution in [0.4, 0.5) is 0 Å². The van der Waals surface area contributed by atoms with Gasteiger partial charge in [0.15, 0.2) is 0 Å². The first-order chi connectivity index (χ1) is 13.1. The molecular formula is C22H27N3O2. The van der Waals surface area contributed by atoms with Crippen molar-refractivity contribution in [2.24, 2.45) is 0 Å². The molecule has 0 aliphatic carbocycles. The number of nitrogens with zero attached hydrogens (tertiary/aromatic N) is 2. The minimum Gasteiger partial charge on any atom is -0.352 e. The molecule has 1 heterocycles. The zero-order valence-corrected chi connectivity index (χ0v) is 15.9. The summed E-state index contributed by atoms with van der Waals surface area (Å²) in [6.07, 6.45) is 0.344. The Kier molecular flexibility index (Phi) is 6.60. The number of nitrogens with one attached hydrogen (secondary N) is 1. The molecular weight excluding hydrogens is 338 g/mol. The van der Waals surface area contributed by atoms with Crippen molar-refractivity contribution in [1.29, 1.82) is 0 Å². The van der Waals surface area contributed by atoms with Crippen LogP contribution in [0.15, 0.2) is 54.6 Å². The average molecular weight is 365 g/mol. The third kappa shape index (κ3) is 5.66. The first kappa shape index (κ1) is 19.1. The largest absolute Gasteiger partial charge is 0.352 e. The zero-order valence-electron chi connectivity index (χ0n) is 15.9. The van der Waals surface area contributed by atoms with Crippen LogP contribution >= 0.6 is 0 Å². The predicted molar refractivity (Wildman–Crippen MR) is 106 cm³/mol. The van der Waals surface area contributed by atoms with Crippen molar-refractivity contribution < 1.29 is 9.59 Å². The summed E-state index contributed by atoms with van der Waals surface area (Å²) in [6.45, 7) is 6.67. The van der Waals surface area contributed by atoms with E-state index >= 15 is 0 Å². The highest BCUT2D eigenvalue weighted by Gasteiger charge is 2.21. The number of hydrogen-bond donors (Lipinski definition) is 1. The Morgan fingerprint density at radius 3 is 2.41 bits per heavy atom. The van der Waals surface area contributed by atoms with Gasteiger partial charge in [0.1, 0.15) is 0 Å². The van der Waals surface area contributed by atoms with Crippen LogP contribution in [0.25, 0.3) is 0 Å². The Labute approximate surface area is 161 Å². The lowest BCUT2D eigenvalue weighted by atomic mass is 10.1. The monoisotopic (exact) mass is 365 g/mol. The Morgan fingerprint density at radius 2 is 1.70 bits per heavy atom. The van der Waals surface area contributed by atoms with Crippen molar-refractivity contribution in [3.05, 3.63) is 71.3 Å². The van der Waals surface area contributed by atoms with Crippen LogP contribution in [0.2, 0.25) is 0 Å². The number of amides is 2. The number of carbonyl (C=O) groups is 2. The van der Waals surface area contributed by atoms with Crippen LogP contribution < -0.4 is 5.32 Å². The quantitative estimate of drug-likeness (QED) is 0.856. The standard InChI is InChI=1S/C22H27N3O2/c1-18-6-5-7-19(16-18)17-24-12-14-25(15-13-24)21(26)10-11-23-22(27)20-8-3-2-4-9-20/h2-9,16H,10-15,17H2,1H3,(H,23,27). The van der Waals surface area contributed by atoms with E-state index in [4.69, 9.17) is 0 Å². The van der Waals surface area contributed by atoms with Crippen molar-refractivity contribution >= 4 is 11.8 Å². The number of aryl methyl sites for hydroxylation is 1. The van der Waals surface area contributed by atoms with Crippen LogP contribution in [-0.2, 0) is 11.3 Å². The molecule has 2 amide bonds. The Balaban J connectivity index is 1.37. The van der Waals surface area contributed by atoms with Gasteiger partial charge in [-0.3, -0.25) is 14.5 Å². The second-order valence-electron chi connectivity index (χ2n) is 7.02. The number of carbonyl (C=O) groups excluding carboxylic acids is 2. The maximum Gasteiger partial charge on any atom is 0.251 e. The van der Waals surface area contributed by atoms with Crippen LogP contribution in [-0.4, -0.2) is 54.3 Å². The van der Waals surface area contributed by atoms with E-state index in [-0.39, 0.29) is 11.8 Å².